The number of likely N-dealkylation sites (tertiary alicyclic amines) is 1. The summed E-state index contributed by atoms with van der Waals surface area (Å²) < 4.78 is 11.5. The van der Waals surface area contributed by atoms with Crippen molar-refractivity contribution in [3.05, 3.63) is 64.7 Å². The standard InChI is InChI=1S/C23H28ClNO4/c1-3-4-18-13-25(23(26)27)14-21(22(18)17-7-9-19(24)10-8-17)29-15-16-5-11-20(28-2)12-6-16/h5-12,18,21-22H,3-4,13-15H2,1-2H3,(H,26,27)/p-1. The van der Waals surface area contributed by atoms with Crippen LogP contribution in [0.3, 0.4) is 0 Å². The fraction of sp³-hybridized carbons (Fsp3) is 0.435. The SMILES string of the molecule is CCCC1CN(C(=O)[O-])CC(OCc2ccc(OC)cc2)C1c1ccc(Cl)cc1. The van der Waals surface area contributed by atoms with Crippen LogP contribution < -0.4 is 9.84 Å². The minimum atomic E-state index is -1.14. The summed E-state index contributed by atoms with van der Waals surface area (Å²) in [6.07, 6.45) is 0.487. The quantitative estimate of drug-likeness (QED) is 0.681. The number of carbonyl (C=O) groups is 1. The molecule has 2 aromatic rings. The molecule has 3 rings (SSSR count). The van der Waals surface area contributed by atoms with Crippen molar-refractivity contribution in [2.24, 2.45) is 5.92 Å². The topological polar surface area (TPSA) is 61.8 Å². The number of benzene rings is 2. The van der Waals surface area contributed by atoms with Crippen molar-refractivity contribution in [1.29, 1.82) is 0 Å². The van der Waals surface area contributed by atoms with E-state index in [9.17, 15) is 9.90 Å². The zero-order valence-corrected chi connectivity index (χ0v) is 17.6. The van der Waals surface area contributed by atoms with Crippen molar-refractivity contribution in [2.45, 2.75) is 38.4 Å². The third-order valence-corrected chi connectivity index (χ3v) is 5.81. The van der Waals surface area contributed by atoms with Crippen LogP contribution in [0, 0.1) is 5.92 Å². The number of carbonyl (C=O) groups excluding carboxylic acids is 1. The van der Waals surface area contributed by atoms with Crippen LogP contribution in [0.5, 0.6) is 5.75 Å². The van der Waals surface area contributed by atoms with Crippen LogP contribution in [0.2, 0.25) is 5.02 Å². The van der Waals surface area contributed by atoms with E-state index in [0.717, 1.165) is 29.7 Å². The second-order valence-corrected chi connectivity index (χ2v) is 7.93. The molecular weight excluding hydrogens is 390 g/mol. The molecule has 0 radical (unpaired) electrons. The van der Waals surface area contributed by atoms with E-state index in [1.165, 1.54) is 4.90 Å². The second-order valence-electron chi connectivity index (χ2n) is 7.49. The number of carboxylic acid groups (broad SMARTS) is 1. The highest BCUT2D eigenvalue weighted by Gasteiger charge is 2.38. The highest BCUT2D eigenvalue weighted by atomic mass is 35.5. The molecule has 2 aromatic carbocycles. The lowest BCUT2D eigenvalue weighted by molar-refractivity contribution is -0.269. The Morgan fingerprint density at radius 3 is 2.41 bits per heavy atom. The first-order valence-electron chi connectivity index (χ1n) is 9.97. The summed E-state index contributed by atoms with van der Waals surface area (Å²) in [5.74, 6) is 1.05. The lowest BCUT2D eigenvalue weighted by Crippen LogP contribution is -2.54. The molecule has 0 saturated carbocycles. The van der Waals surface area contributed by atoms with Gasteiger partial charge in [-0.2, -0.15) is 0 Å². The van der Waals surface area contributed by atoms with Gasteiger partial charge in [0, 0.05) is 24.0 Å². The van der Waals surface area contributed by atoms with Gasteiger partial charge >= 0.3 is 0 Å². The molecule has 1 amide bonds. The fourth-order valence-corrected chi connectivity index (χ4v) is 4.28. The maximum absolute atomic E-state index is 11.6. The van der Waals surface area contributed by atoms with Crippen LogP contribution in [0.15, 0.2) is 48.5 Å². The number of rotatable bonds is 7. The number of methoxy groups -OCH3 is 1. The normalized spacial score (nSPS) is 21.8. The third kappa shape index (κ3) is 5.43. The summed E-state index contributed by atoms with van der Waals surface area (Å²) in [4.78, 5) is 13.0. The van der Waals surface area contributed by atoms with Gasteiger partial charge in [0.05, 0.1) is 19.8 Å². The summed E-state index contributed by atoms with van der Waals surface area (Å²) in [5, 5.41) is 12.3. The van der Waals surface area contributed by atoms with Gasteiger partial charge in [-0.1, -0.05) is 49.2 Å². The number of nitrogens with zero attached hydrogens (tertiary/aromatic N) is 1. The Bertz CT molecular complexity index is 794. The molecule has 1 fully saturated rings. The predicted molar refractivity (Wildman–Crippen MR) is 111 cm³/mol. The van der Waals surface area contributed by atoms with Gasteiger partial charge in [0.1, 0.15) is 11.8 Å². The highest BCUT2D eigenvalue weighted by molar-refractivity contribution is 6.30. The van der Waals surface area contributed by atoms with E-state index in [-0.39, 0.29) is 17.9 Å². The van der Waals surface area contributed by atoms with Gasteiger partial charge < -0.3 is 24.3 Å². The molecule has 29 heavy (non-hydrogen) atoms. The molecular formula is C23H27ClNO4-. The largest absolute Gasteiger partial charge is 0.530 e. The van der Waals surface area contributed by atoms with Crippen LogP contribution in [0.25, 0.3) is 0 Å². The molecule has 6 heteroatoms. The number of ether oxygens (including phenoxy) is 2. The number of hydrogen-bond acceptors (Lipinski definition) is 4. The molecule has 3 unspecified atom stereocenters. The van der Waals surface area contributed by atoms with Crippen molar-refractivity contribution in [1.82, 2.24) is 4.90 Å². The van der Waals surface area contributed by atoms with Crippen molar-refractivity contribution in [3.8, 4) is 5.75 Å². The van der Waals surface area contributed by atoms with Gasteiger partial charge in [0.2, 0.25) is 0 Å². The second kappa shape index (κ2) is 9.99. The van der Waals surface area contributed by atoms with E-state index in [1.54, 1.807) is 7.11 Å². The lowest BCUT2D eigenvalue weighted by Gasteiger charge is -2.45. The van der Waals surface area contributed by atoms with E-state index in [1.807, 2.05) is 48.5 Å². The average Bonchev–Trinajstić information content (AvgIpc) is 2.73. The molecule has 156 valence electrons. The first-order valence-corrected chi connectivity index (χ1v) is 10.4. The smallest absolute Gasteiger partial charge is 0.137 e. The Morgan fingerprint density at radius 1 is 1.14 bits per heavy atom. The van der Waals surface area contributed by atoms with Crippen molar-refractivity contribution < 1.29 is 19.4 Å². The summed E-state index contributed by atoms with van der Waals surface area (Å²) in [6.45, 7) is 3.28. The van der Waals surface area contributed by atoms with Crippen LogP contribution >= 0.6 is 11.6 Å². The molecule has 1 aliphatic rings. The van der Waals surface area contributed by atoms with Crippen LogP contribution in [-0.2, 0) is 11.3 Å². The molecule has 1 aliphatic heterocycles. The molecule has 1 saturated heterocycles. The Labute approximate surface area is 177 Å². The van der Waals surface area contributed by atoms with Gasteiger partial charge in [-0.15, -0.1) is 0 Å². The lowest BCUT2D eigenvalue weighted by atomic mass is 9.76. The average molecular weight is 417 g/mol. The van der Waals surface area contributed by atoms with E-state index in [0.29, 0.717) is 24.7 Å². The summed E-state index contributed by atoms with van der Waals surface area (Å²) in [6, 6.07) is 15.5. The molecule has 5 nitrogen and oxygen atoms in total. The van der Waals surface area contributed by atoms with Crippen molar-refractivity contribution in [3.63, 3.8) is 0 Å². The minimum absolute atomic E-state index is 0.0982. The number of halogens is 1. The van der Waals surface area contributed by atoms with Gasteiger partial charge in [0.15, 0.2) is 0 Å². The molecule has 0 bridgehead atoms. The molecule has 0 N–H and O–H groups in total. The third-order valence-electron chi connectivity index (χ3n) is 5.56. The number of hydrogen-bond donors (Lipinski definition) is 0. The summed E-state index contributed by atoms with van der Waals surface area (Å²) in [5.41, 5.74) is 2.14. The Kier molecular flexibility index (Phi) is 7.40. The van der Waals surface area contributed by atoms with Crippen LogP contribution in [0.1, 0.15) is 36.8 Å². The van der Waals surface area contributed by atoms with E-state index >= 15 is 0 Å². The summed E-state index contributed by atoms with van der Waals surface area (Å²) >= 11 is 6.08. The zero-order chi connectivity index (χ0) is 20.8. The maximum Gasteiger partial charge on any atom is 0.137 e. The molecule has 0 aromatic heterocycles. The first-order chi connectivity index (χ1) is 14.0. The van der Waals surface area contributed by atoms with Crippen LogP contribution in [-0.4, -0.2) is 37.3 Å². The number of piperidine rings is 1. The van der Waals surface area contributed by atoms with E-state index < -0.39 is 6.09 Å². The Morgan fingerprint density at radius 2 is 1.83 bits per heavy atom. The Hall–Kier alpha value is -2.24. The molecule has 1 heterocycles. The van der Waals surface area contributed by atoms with E-state index in [2.05, 4.69) is 6.92 Å². The molecule has 3 atom stereocenters. The van der Waals surface area contributed by atoms with E-state index in [4.69, 9.17) is 21.1 Å². The maximum atomic E-state index is 11.6. The minimum Gasteiger partial charge on any atom is -0.530 e. The Balaban J connectivity index is 1.84. The zero-order valence-electron chi connectivity index (χ0n) is 16.8. The van der Waals surface area contributed by atoms with Gasteiger partial charge in [-0.3, -0.25) is 0 Å². The first kappa shape index (κ1) is 21.5. The summed E-state index contributed by atoms with van der Waals surface area (Å²) in [7, 11) is 1.63. The molecule has 0 spiro atoms. The fourth-order valence-electron chi connectivity index (χ4n) is 4.15. The van der Waals surface area contributed by atoms with Gasteiger partial charge in [-0.25, -0.2) is 0 Å². The molecule has 0 aliphatic carbocycles. The van der Waals surface area contributed by atoms with Crippen molar-refractivity contribution in [2.75, 3.05) is 20.2 Å². The number of amides is 1. The van der Waals surface area contributed by atoms with Gasteiger partial charge in [-0.05, 0) is 47.7 Å². The van der Waals surface area contributed by atoms with Gasteiger partial charge in [0.25, 0.3) is 0 Å². The monoisotopic (exact) mass is 416 g/mol. The van der Waals surface area contributed by atoms with Crippen molar-refractivity contribution >= 4 is 17.7 Å². The van der Waals surface area contributed by atoms with Crippen LogP contribution in [0.4, 0.5) is 4.79 Å². The predicted octanol–water partition coefficient (Wildman–Crippen LogP) is 4.09. The highest BCUT2D eigenvalue weighted by Crippen LogP contribution is 2.38.